The third kappa shape index (κ3) is 4.35. The Morgan fingerprint density at radius 1 is 1.09 bits per heavy atom. The van der Waals surface area contributed by atoms with Crippen molar-refractivity contribution in [2.45, 2.75) is 33.1 Å². The fraction of sp³-hybridized carbons (Fsp3) is 0.316. The average molecular weight is 297 g/mol. The second kappa shape index (κ2) is 7.64. The third-order valence-electron chi connectivity index (χ3n) is 3.59. The molecule has 0 saturated carbocycles. The highest BCUT2D eigenvalue weighted by atomic mass is 16.5. The molecule has 0 aliphatic heterocycles. The molecule has 2 aromatic rings. The molecule has 3 heteroatoms. The Hall–Kier alpha value is -2.29. The van der Waals surface area contributed by atoms with Crippen molar-refractivity contribution in [3.05, 3.63) is 59.7 Å². The van der Waals surface area contributed by atoms with Crippen LogP contribution >= 0.6 is 0 Å². The molecule has 22 heavy (non-hydrogen) atoms. The molecule has 2 aromatic carbocycles. The number of ether oxygens (including phenoxy) is 1. The zero-order valence-corrected chi connectivity index (χ0v) is 13.4. The van der Waals surface area contributed by atoms with E-state index in [0.717, 1.165) is 17.7 Å². The van der Waals surface area contributed by atoms with E-state index in [9.17, 15) is 4.79 Å². The maximum atomic E-state index is 12.0. The van der Waals surface area contributed by atoms with Gasteiger partial charge in [-0.05, 0) is 41.7 Å². The second-order valence-electron chi connectivity index (χ2n) is 5.57. The molecule has 0 bridgehead atoms. The minimum Gasteiger partial charge on any atom is -0.484 e. The number of para-hydroxylation sites is 1. The predicted molar refractivity (Wildman–Crippen MR) is 90.5 cm³/mol. The van der Waals surface area contributed by atoms with Crippen LogP contribution in [0.15, 0.2) is 48.5 Å². The van der Waals surface area contributed by atoms with Crippen LogP contribution in [0.1, 0.15) is 37.8 Å². The summed E-state index contributed by atoms with van der Waals surface area (Å²) in [5, 5.41) is 2.90. The minimum absolute atomic E-state index is 0.0130. The van der Waals surface area contributed by atoms with Gasteiger partial charge in [-0.1, -0.05) is 51.1 Å². The molecule has 0 fully saturated rings. The van der Waals surface area contributed by atoms with Crippen LogP contribution in [-0.2, 0) is 11.2 Å². The number of carbonyl (C=O) groups is 1. The predicted octanol–water partition coefficient (Wildman–Crippen LogP) is 4.39. The van der Waals surface area contributed by atoms with Gasteiger partial charge in [0, 0.05) is 5.69 Å². The van der Waals surface area contributed by atoms with Gasteiger partial charge in [0.15, 0.2) is 6.61 Å². The number of hydrogen-bond acceptors (Lipinski definition) is 2. The Bertz CT molecular complexity index is 618. The van der Waals surface area contributed by atoms with E-state index >= 15 is 0 Å². The highest BCUT2D eigenvalue weighted by molar-refractivity contribution is 5.92. The molecular formula is C19H23NO2. The summed E-state index contributed by atoms with van der Waals surface area (Å²) in [6.45, 7) is 6.37. The van der Waals surface area contributed by atoms with E-state index in [2.05, 4.69) is 26.1 Å². The van der Waals surface area contributed by atoms with Crippen LogP contribution in [0.4, 0.5) is 5.69 Å². The van der Waals surface area contributed by atoms with Crippen molar-refractivity contribution < 1.29 is 9.53 Å². The quantitative estimate of drug-likeness (QED) is 0.858. The summed E-state index contributed by atoms with van der Waals surface area (Å²) in [4.78, 5) is 12.0. The summed E-state index contributed by atoms with van der Waals surface area (Å²) in [5.74, 6) is 1.06. The van der Waals surface area contributed by atoms with E-state index in [0.29, 0.717) is 11.7 Å². The summed E-state index contributed by atoms with van der Waals surface area (Å²) in [6.07, 6.45) is 0.883. The van der Waals surface area contributed by atoms with Gasteiger partial charge in [0.05, 0.1) is 0 Å². The van der Waals surface area contributed by atoms with Crippen molar-refractivity contribution in [1.82, 2.24) is 0 Å². The first-order valence-electron chi connectivity index (χ1n) is 7.70. The van der Waals surface area contributed by atoms with Gasteiger partial charge in [0.25, 0.3) is 5.91 Å². The summed E-state index contributed by atoms with van der Waals surface area (Å²) < 4.78 is 5.54. The summed E-state index contributed by atoms with van der Waals surface area (Å²) in [5.41, 5.74) is 3.24. The van der Waals surface area contributed by atoms with E-state index in [1.54, 1.807) is 0 Å². The third-order valence-corrected chi connectivity index (χ3v) is 3.59. The van der Waals surface area contributed by atoms with Crippen molar-refractivity contribution in [3.8, 4) is 5.75 Å². The van der Waals surface area contributed by atoms with Crippen molar-refractivity contribution >= 4 is 11.6 Å². The lowest BCUT2D eigenvalue weighted by Gasteiger charge is -2.11. The Balaban J connectivity index is 1.90. The molecule has 0 atom stereocenters. The molecule has 0 aliphatic rings. The molecule has 0 heterocycles. The Labute approximate surface area is 132 Å². The number of aryl methyl sites for hydroxylation is 1. The van der Waals surface area contributed by atoms with Crippen LogP contribution < -0.4 is 10.1 Å². The maximum Gasteiger partial charge on any atom is 0.262 e. The van der Waals surface area contributed by atoms with Crippen molar-refractivity contribution in [3.63, 3.8) is 0 Å². The maximum absolute atomic E-state index is 12.0. The first kappa shape index (κ1) is 16.1. The number of nitrogens with one attached hydrogen (secondary N) is 1. The van der Waals surface area contributed by atoms with Gasteiger partial charge in [0.2, 0.25) is 0 Å². The number of amides is 1. The van der Waals surface area contributed by atoms with E-state index < -0.39 is 0 Å². The Morgan fingerprint density at radius 2 is 1.77 bits per heavy atom. The Morgan fingerprint density at radius 3 is 2.41 bits per heavy atom. The molecule has 0 spiro atoms. The van der Waals surface area contributed by atoms with Crippen molar-refractivity contribution in [2.75, 3.05) is 11.9 Å². The monoisotopic (exact) mass is 297 g/mol. The van der Waals surface area contributed by atoms with Gasteiger partial charge in [0.1, 0.15) is 5.75 Å². The first-order valence-corrected chi connectivity index (χ1v) is 7.70. The smallest absolute Gasteiger partial charge is 0.262 e. The highest BCUT2D eigenvalue weighted by Crippen LogP contribution is 2.19. The molecule has 0 radical (unpaired) electrons. The molecular weight excluding hydrogens is 274 g/mol. The zero-order chi connectivity index (χ0) is 15.9. The van der Waals surface area contributed by atoms with Gasteiger partial charge in [-0.25, -0.2) is 0 Å². The average Bonchev–Trinajstić information content (AvgIpc) is 2.54. The van der Waals surface area contributed by atoms with Crippen LogP contribution in [0.25, 0.3) is 0 Å². The molecule has 0 aliphatic carbocycles. The number of benzene rings is 2. The minimum atomic E-state index is -0.145. The number of carbonyl (C=O) groups excluding carboxylic acids is 1. The van der Waals surface area contributed by atoms with E-state index in [1.807, 2.05) is 48.5 Å². The SMILES string of the molecule is CCc1ccccc1NC(=O)COc1ccc(C(C)C)cc1. The fourth-order valence-corrected chi connectivity index (χ4v) is 2.23. The Kier molecular flexibility index (Phi) is 5.59. The fourth-order valence-electron chi connectivity index (χ4n) is 2.23. The van der Waals surface area contributed by atoms with Gasteiger partial charge >= 0.3 is 0 Å². The standard InChI is InChI=1S/C19H23NO2/c1-4-15-7-5-6-8-18(15)20-19(21)13-22-17-11-9-16(10-12-17)14(2)3/h5-12,14H,4,13H2,1-3H3,(H,20,21). The van der Waals surface area contributed by atoms with E-state index in [4.69, 9.17) is 4.74 Å². The lowest BCUT2D eigenvalue weighted by molar-refractivity contribution is -0.118. The topological polar surface area (TPSA) is 38.3 Å². The zero-order valence-electron chi connectivity index (χ0n) is 13.4. The van der Waals surface area contributed by atoms with Crippen molar-refractivity contribution in [1.29, 1.82) is 0 Å². The van der Waals surface area contributed by atoms with Crippen LogP contribution in [0.3, 0.4) is 0 Å². The van der Waals surface area contributed by atoms with Crippen LogP contribution in [0.5, 0.6) is 5.75 Å². The molecule has 1 amide bonds. The normalized spacial score (nSPS) is 10.5. The molecule has 0 saturated heterocycles. The number of anilines is 1. The van der Waals surface area contributed by atoms with E-state index in [-0.39, 0.29) is 12.5 Å². The summed E-state index contributed by atoms with van der Waals surface area (Å²) in [7, 11) is 0. The summed E-state index contributed by atoms with van der Waals surface area (Å²) >= 11 is 0. The van der Waals surface area contributed by atoms with E-state index in [1.165, 1.54) is 5.56 Å². The number of hydrogen-bond donors (Lipinski definition) is 1. The van der Waals surface area contributed by atoms with Crippen LogP contribution in [0.2, 0.25) is 0 Å². The van der Waals surface area contributed by atoms with Gasteiger partial charge in [-0.2, -0.15) is 0 Å². The molecule has 2 rings (SSSR count). The lowest BCUT2D eigenvalue weighted by atomic mass is 10.0. The molecule has 1 N–H and O–H groups in total. The molecule has 116 valence electrons. The van der Waals surface area contributed by atoms with Gasteiger partial charge in [-0.15, -0.1) is 0 Å². The summed E-state index contributed by atoms with van der Waals surface area (Å²) in [6, 6.07) is 15.7. The van der Waals surface area contributed by atoms with Crippen molar-refractivity contribution in [2.24, 2.45) is 0 Å². The second-order valence-corrected chi connectivity index (χ2v) is 5.57. The largest absolute Gasteiger partial charge is 0.484 e. The molecule has 0 aromatic heterocycles. The molecule has 3 nitrogen and oxygen atoms in total. The first-order chi connectivity index (χ1) is 10.6. The van der Waals surface area contributed by atoms with Crippen LogP contribution in [-0.4, -0.2) is 12.5 Å². The van der Waals surface area contributed by atoms with Gasteiger partial charge in [-0.3, -0.25) is 4.79 Å². The lowest BCUT2D eigenvalue weighted by Crippen LogP contribution is -2.20. The van der Waals surface area contributed by atoms with Crippen LogP contribution in [0, 0.1) is 0 Å². The highest BCUT2D eigenvalue weighted by Gasteiger charge is 2.07. The molecule has 0 unspecified atom stereocenters. The number of rotatable bonds is 6. The van der Waals surface area contributed by atoms with Gasteiger partial charge < -0.3 is 10.1 Å².